The Bertz CT molecular complexity index is 964. The Morgan fingerprint density at radius 1 is 1.00 bits per heavy atom. The van der Waals surface area contributed by atoms with Crippen molar-refractivity contribution in [2.24, 2.45) is 17.8 Å². The summed E-state index contributed by atoms with van der Waals surface area (Å²) in [6.07, 6.45) is 10.9. The van der Waals surface area contributed by atoms with Gasteiger partial charge in [-0.25, -0.2) is 9.69 Å². The van der Waals surface area contributed by atoms with Crippen LogP contribution < -0.4 is 16.0 Å². The van der Waals surface area contributed by atoms with E-state index in [2.05, 4.69) is 16.0 Å². The number of benzene rings is 1. The third-order valence-corrected chi connectivity index (χ3v) is 9.04. The number of para-hydroxylation sites is 2. The molecular formula is C26H34N4O3. The van der Waals surface area contributed by atoms with Gasteiger partial charge in [0.2, 0.25) is 5.91 Å². The molecule has 33 heavy (non-hydrogen) atoms. The number of carbonyl (C=O) groups is 3. The number of rotatable bonds is 5. The average Bonchev–Trinajstić information content (AvgIpc) is 3.32. The lowest BCUT2D eigenvalue weighted by Gasteiger charge is -2.57. The van der Waals surface area contributed by atoms with E-state index in [0.717, 1.165) is 41.2 Å². The first-order valence-corrected chi connectivity index (χ1v) is 12.7. The molecule has 4 bridgehead atoms. The highest BCUT2D eigenvalue weighted by Crippen LogP contribution is 2.56. The third-order valence-electron chi connectivity index (χ3n) is 9.04. The SMILES string of the molecule is CC(C(=O)Nc1ccccc1NC12CC3CC(CC(C3)C1)C2)N1C(=O)NC2(CCCC2)C1=O. The quantitative estimate of drug-likeness (QED) is 0.585. The van der Waals surface area contributed by atoms with Crippen LogP contribution in [0.4, 0.5) is 16.2 Å². The maximum Gasteiger partial charge on any atom is 0.325 e. The van der Waals surface area contributed by atoms with Crippen molar-refractivity contribution < 1.29 is 14.4 Å². The molecular weight excluding hydrogens is 416 g/mol. The predicted octanol–water partition coefficient (Wildman–Crippen LogP) is 4.26. The van der Waals surface area contributed by atoms with Gasteiger partial charge in [0.15, 0.2) is 0 Å². The third kappa shape index (κ3) is 3.42. The van der Waals surface area contributed by atoms with Gasteiger partial charge in [-0.3, -0.25) is 9.59 Å². The zero-order valence-corrected chi connectivity index (χ0v) is 19.4. The van der Waals surface area contributed by atoms with E-state index in [0.29, 0.717) is 18.5 Å². The number of hydrogen-bond donors (Lipinski definition) is 3. The largest absolute Gasteiger partial charge is 0.378 e. The van der Waals surface area contributed by atoms with Crippen LogP contribution in [0.25, 0.3) is 0 Å². The zero-order valence-electron chi connectivity index (χ0n) is 19.4. The van der Waals surface area contributed by atoms with Crippen molar-refractivity contribution in [3.63, 3.8) is 0 Å². The first-order chi connectivity index (χ1) is 15.9. The lowest BCUT2D eigenvalue weighted by Crippen LogP contribution is -2.54. The molecule has 6 fully saturated rings. The number of hydrogen-bond acceptors (Lipinski definition) is 4. The number of nitrogens with zero attached hydrogens (tertiary/aromatic N) is 1. The van der Waals surface area contributed by atoms with E-state index in [1.807, 2.05) is 24.3 Å². The number of imide groups is 1. The fourth-order valence-electron chi connectivity index (χ4n) is 7.92. The van der Waals surface area contributed by atoms with E-state index in [1.165, 1.54) is 38.5 Å². The number of carbonyl (C=O) groups excluding carboxylic acids is 3. The molecule has 176 valence electrons. The van der Waals surface area contributed by atoms with Crippen molar-refractivity contribution in [3.8, 4) is 0 Å². The molecule has 1 aliphatic heterocycles. The first kappa shape index (κ1) is 21.0. The van der Waals surface area contributed by atoms with Gasteiger partial charge in [-0.15, -0.1) is 0 Å². The van der Waals surface area contributed by atoms with Crippen molar-refractivity contribution in [3.05, 3.63) is 24.3 Å². The van der Waals surface area contributed by atoms with E-state index in [1.54, 1.807) is 6.92 Å². The van der Waals surface area contributed by atoms with Crippen LogP contribution in [0.1, 0.15) is 71.1 Å². The highest BCUT2D eigenvalue weighted by atomic mass is 16.2. The molecule has 7 heteroatoms. The fourth-order valence-corrected chi connectivity index (χ4v) is 7.92. The van der Waals surface area contributed by atoms with Crippen molar-refractivity contribution in [1.82, 2.24) is 10.2 Å². The second-order valence-corrected chi connectivity index (χ2v) is 11.4. The lowest BCUT2D eigenvalue weighted by molar-refractivity contribution is -0.136. The van der Waals surface area contributed by atoms with Gasteiger partial charge in [-0.05, 0) is 88.2 Å². The summed E-state index contributed by atoms with van der Waals surface area (Å²) in [6, 6.07) is 6.50. The molecule has 1 unspecified atom stereocenters. The molecule has 1 aromatic rings. The number of urea groups is 1. The molecule has 5 saturated carbocycles. The summed E-state index contributed by atoms with van der Waals surface area (Å²) in [5.74, 6) is 1.88. The van der Waals surface area contributed by atoms with Gasteiger partial charge >= 0.3 is 6.03 Å². The summed E-state index contributed by atoms with van der Waals surface area (Å²) in [4.78, 5) is 40.0. The molecule has 1 atom stereocenters. The monoisotopic (exact) mass is 450 g/mol. The predicted molar refractivity (Wildman–Crippen MR) is 126 cm³/mol. The maximum absolute atomic E-state index is 13.2. The Hall–Kier alpha value is -2.57. The molecule has 7 rings (SSSR count). The maximum atomic E-state index is 13.2. The van der Waals surface area contributed by atoms with Crippen LogP contribution in [-0.2, 0) is 9.59 Å². The molecule has 6 aliphatic rings. The van der Waals surface area contributed by atoms with E-state index >= 15 is 0 Å². The topological polar surface area (TPSA) is 90.5 Å². The molecule has 1 aromatic carbocycles. The Kier molecular flexibility index (Phi) is 4.75. The smallest absolute Gasteiger partial charge is 0.325 e. The molecule has 3 N–H and O–H groups in total. The van der Waals surface area contributed by atoms with E-state index in [9.17, 15) is 14.4 Å². The summed E-state index contributed by atoms with van der Waals surface area (Å²) >= 11 is 0. The minimum Gasteiger partial charge on any atom is -0.378 e. The fraction of sp³-hybridized carbons (Fsp3) is 0.654. The van der Waals surface area contributed by atoms with Crippen LogP contribution >= 0.6 is 0 Å². The van der Waals surface area contributed by atoms with Gasteiger partial charge < -0.3 is 16.0 Å². The second kappa shape index (κ2) is 7.47. The normalized spacial score (nSPS) is 34.6. The minimum absolute atomic E-state index is 0.126. The van der Waals surface area contributed by atoms with Crippen molar-refractivity contribution in [2.45, 2.75) is 88.3 Å². The summed E-state index contributed by atoms with van der Waals surface area (Å²) in [5.41, 5.74) is 0.974. The van der Waals surface area contributed by atoms with Crippen LogP contribution in [0.2, 0.25) is 0 Å². The standard InChI is InChI=1S/C26H34N4O3/c1-16(30-23(32)26(29-24(30)33)8-4-5-9-26)22(31)27-20-6-2-3-7-21(20)28-25-13-17-10-18(14-25)12-19(11-17)15-25/h2-3,6-7,16-19,28H,4-5,8-15H2,1H3,(H,27,31)(H,29,33). The van der Waals surface area contributed by atoms with Crippen LogP contribution in [0.5, 0.6) is 0 Å². The Morgan fingerprint density at radius 2 is 1.58 bits per heavy atom. The second-order valence-electron chi connectivity index (χ2n) is 11.4. The number of amides is 4. The van der Waals surface area contributed by atoms with Gasteiger partial charge in [-0.1, -0.05) is 25.0 Å². The van der Waals surface area contributed by atoms with Crippen LogP contribution in [0, 0.1) is 17.8 Å². The Morgan fingerprint density at radius 3 is 2.18 bits per heavy atom. The van der Waals surface area contributed by atoms with Crippen molar-refractivity contribution in [1.29, 1.82) is 0 Å². The van der Waals surface area contributed by atoms with Gasteiger partial charge in [0.25, 0.3) is 5.91 Å². The zero-order chi connectivity index (χ0) is 22.8. The van der Waals surface area contributed by atoms with Crippen LogP contribution in [0.15, 0.2) is 24.3 Å². The molecule has 1 heterocycles. The summed E-state index contributed by atoms with van der Waals surface area (Å²) in [7, 11) is 0. The number of anilines is 2. The molecule has 1 saturated heterocycles. The molecule has 0 aromatic heterocycles. The van der Waals surface area contributed by atoms with Gasteiger partial charge in [0, 0.05) is 5.54 Å². The van der Waals surface area contributed by atoms with Crippen molar-refractivity contribution in [2.75, 3.05) is 10.6 Å². The molecule has 4 amide bonds. The Labute approximate surface area is 195 Å². The van der Waals surface area contributed by atoms with Crippen molar-refractivity contribution >= 4 is 29.2 Å². The first-order valence-electron chi connectivity index (χ1n) is 12.7. The summed E-state index contributed by atoms with van der Waals surface area (Å²) in [6.45, 7) is 1.63. The lowest BCUT2D eigenvalue weighted by atomic mass is 9.53. The molecule has 7 nitrogen and oxygen atoms in total. The average molecular weight is 451 g/mol. The number of nitrogens with one attached hydrogen (secondary N) is 3. The van der Waals surface area contributed by atoms with E-state index < -0.39 is 17.6 Å². The van der Waals surface area contributed by atoms with E-state index in [4.69, 9.17) is 0 Å². The summed E-state index contributed by atoms with van der Waals surface area (Å²) < 4.78 is 0. The molecule has 1 spiro atoms. The highest BCUT2D eigenvalue weighted by molar-refractivity contribution is 6.11. The van der Waals surface area contributed by atoms with Gasteiger partial charge in [0.1, 0.15) is 11.6 Å². The van der Waals surface area contributed by atoms with Gasteiger partial charge in [-0.2, -0.15) is 0 Å². The minimum atomic E-state index is -0.870. The van der Waals surface area contributed by atoms with Gasteiger partial charge in [0.05, 0.1) is 11.4 Å². The van der Waals surface area contributed by atoms with Crippen LogP contribution in [0.3, 0.4) is 0 Å². The molecule has 0 radical (unpaired) electrons. The molecule has 5 aliphatic carbocycles. The summed E-state index contributed by atoms with van der Waals surface area (Å²) in [5, 5.41) is 9.74. The Balaban J connectivity index is 1.18. The van der Waals surface area contributed by atoms with E-state index in [-0.39, 0.29) is 17.4 Å². The van der Waals surface area contributed by atoms with Crippen LogP contribution in [-0.4, -0.2) is 39.9 Å². The highest BCUT2D eigenvalue weighted by Gasteiger charge is 2.55.